The summed E-state index contributed by atoms with van der Waals surface area (Å²) in [5, 5.41) is 7.69. The van der Waals surface area contributed by atoms with Crippen molar-refractivity contribution in [3.63, 3.8) is 0 Å². The summed E-state index contributed by atoms with van der Waals surface area (Å²) in [6, 6.07) is 18.5. The molecule has 0 atom stereocenters. The van der Waals surface area contributed by atoms with Crippen molar-refractivity contribution in [3.8, 4) is 5.69 Å². The number of rotatable bonds is 6. The van der Waals surface area contributed by atoms with Gasteiger partial charge in [0.15, 0.2) is 5.69 Å². The van der Waals surface area contributed by atoms with Gasteiger partial charge in [-0.1, -0.05) is 35.9 Å². The number of nitrogens with one attached hydrogen (secondary N) is 1. The van der Waals surface area contributed by atoms with Crippen molar-refractivity contribution < 1.29 is 4.79 Å². The van der Waals surface area contributed by atoms with E-state index in [9.17, 15) is 4.79 Å². The van der Waals surface area contributed by atoms with Crippen LogP contribution < -0.4 is 5.32 Å². The Labute approximate surface area is 164 Å². The van der Waals surface area contributed by atoms with E-state index in [2.05, 4.69) is 41.6 Å². The maximum Gasteiger partial charge on any atom is 0.272 e. The van der Waals surface area contributed by atoms with Crippen molar-refractivity contribution >= 4 is 17.7 Å². The van der Waals surface area contributed by atoms with Gasteiger partial charge in [0.25, 0.3) is 5.91 Å². The summed E-state index contributed by atoms with van der Waals surface area (Å²) in [5.41, 5.74) is 5.16. The van der Waals surface area contributed by atoms with E-state index in [4.69, 9.17) is 0 Å². The fourth-order valence-electron chi connectivity index (χ4n) is 3.45. The smallest absolute Gasteiger partial charge is 0.272 e. The number of carbonyl (C=O) groups is 1. The largest absolute Gasteiger partial charge is 0.350 e. The molecular weight excluding hydrogens is 354 g/mol. The highest BCUT2D eigenvalue weighted by Crippen LogP contribution is 2.27. The van der Waals surface area contributed by atoms with Gasteiger partial charge in [0.1, 0.15) is 0 Å². The van der Waals surface area contributed by atoms with Gasteiger partial charge in [-0.05, 0) is 50.5 Å². The van der Waals surface area contributed by atoms with Gasteiger partial charge >= 0.3 is 0 Å². The third-order valence-electron chi connectivity index (χ3n) is 4.82. The molecule has 0 bridgehead atoms. The van der Waals surface area contributed by atoms with Crippen molar-refractivity contribution in [2.75, 3.05) is 12.3 Å². The Balaban J connectivity index is 1.41. The van der Waals surface area contributed by atoms with Gasteiger partial charge in [0.05, 0.1) is 5.69 Å². The van der Waals surface area contributed by atoms with Gasteiger partial charge < -0.3 is 5.32 Å². The predicted molar refractivity (Wildman–Crippen MR) is 110 cm³/mol. The highest BCUT2D eigenvalue weighted by atomic mass is 32.2. The molecule has 2 aromatic carbocycles. The fraction of sp³-hybridized carbons (Fsp3) is 0.273. The van der Waals surface area contributed by atoms with Crippen molar-refractivity contribution in [2.45, 2.75) is 31.1 Å². The molecule has 138 valence electrons. The molecule has 1 aliphatic rings. The van der Waals surface area contributed by atoms with Crippen LogP contribution in [-0.2, 0) is 12.8 Å². The average molecular weight is 378 g/mol. The molecule has 0 saturated heterocycles. The maximum atomic E-state index is 12.7. The molecule has 1 amide bonds. The third-order valence-corrected chi connectivity index (χ3v) is 5.84. The van der Waals surface area contributed by atoms with Crippen molar-refractivity contribution in [2.24, 2.45) is 0 Å². The van der Waals surface area contributed by atoms with Gasteiger partial charge in [-0.3, -0.25) is 4.79 Å². The molecule has 1 heterocycles. The summed E-state index contributed by atoms with van der Waals surface area (Å²) in [5.74, 6) is 0.781. The van der Waals surface area contributed by atoms with E-state index in [1.54, 1.807) is 11.8 Å². The molecule has 1 aliphatic carbocycles. The predicted octanol–water partition coefficient (Wildman–Crippen LogP) is 4.19. The molecule has 5 heteroatoms. The second-order valence-electron chi connectivity index (χ2n) is 6.79. The topological polar surface area (TPSA) is 46.9 Å². The maximum absolute atomic E-state index is 12.7. The minimum atomic E-state index is -0.0627. The number of amides is 1. The fourth-order valence-corrected chi connectivity index (χ4v) is 4.22. The van der Waals surface area contributed by atoms with E-state index >= 15 is 0 Å². The van der Waals surface area contributed by atoms with Gasteiger partial charge in [-0.15, -0.1) is 11.8 Å². The second kappa shape index (κ2) is 8.01. The zero-order valence-corrected chi connectivity index (χ0v) is 16.3. The number of nitrogens with zero attached hydrogens (tertiary/aromatic N) is 2. The van der Waals surface area contributed by atoms with Crippen LogP contribution in [0, 0.1) is 6.92 Å². The summed E-state index contributed by atoms with van der Waals surface area (Å²) < 4.78 is 1.94. The number of hydrogen-bond donors (Lipinski definition) is 1. The number of benzene rings is 2. The van der Waals surface area contributed by atoms with Gasteiger partial charge in [0, 0.05) is 28.5 Å². The van der Waals surface area contributed by atoms with Gasteiger partial charge in [-0.2, -0.15) is 5.10 Å². The SMILES string of the molecule is Cc1ccc(SCCNC(=O)c2nn(-c3ccccc3)c3c2CCC3)cc1. The number of fused-ring (bicyclic) bond motifs is 1. The van der Waals surface area contributed by atoms with Crippen molar-refractivity contribution in [1.29, 1.82) is 0 Å². The Morgan fingerprint density at radius 2 is 1.89 bits per heavy atom. The number of hydrogen-bond acceptors (Lipinski definition) is 3. The van der Waals surface area contributed by atoms with Crippen LogP contribution in [0.4, 0.5) is 0 Å². The molecule has 0 aliphatic heterocycles. The summed E-state index contributed by atoms with van der Waals surface area (Å²) >= 11 is 1.75. The van der Waals surface area contributed by atoms with E-state index in [0.29, 0.717) is 12.2 Å². The van der Waals surface area contributed by atoms with Gasteiger partial charge in [-0.25, -0.2) is 4.68 Å². The lowest BCUT2D eigenvalue weighted by Gasteiger charge is -2.06. The van der Waals surface area contributed by atoms with Crippen LogP contribution in [0.1, 0.15) is 33.7 Å². The average Bonchev–Trinajstić information content (AvgIpc) is 3.30. The van der Waals surface area contributed by atoms with Crippen LogP contribution in [-0.4, -0.2) is 28.0 Å². The van der Waals surface area contributed by atoms with E-state index < -0.39 is 0 Å². The highest BCUT2D eigenvalue weighted by Gasteiger charge is 2.26. The van der Waals surface area contributed by atoms with E-state index in [0.717, 1.165) is 36.3 Å². The van der Waals surface area contributed by atoms with Crippen LogP contribution in [0.25, 0.3) is 5.69 Å². The summed E-state index contributed by atoms with van der Waals surface area (Å²) in [4.78, 5) is 13.9. The molecule has 0 saturated carbocycles. The van der Waals surface area contributed by atoms with Crippen LogP contribution in [0.2, 0.25) is 0 Å². The molecule has 4 rings (SSSR count). The number of aromatic nitrogens is 2. The van der Waals surface area contributed by atoms with Gasteiger partial charge in [0.2, 0.25) is 0 Å². The lowest BCUT2D eigenvalue weighted by atomic mass is 10.2. The molecule has 4 nitrogen and oxygen atoms in total. The Hall–Kier alpha value is -2.53. The quantitative estimate of drug-likeness (QED) is 0.517. The molecule has 3 aromatic rings. The minimum absolute atomic E-state index is 0.0627. The standard InChI is InChI=1S/C22H23N3OS/c1-16-10-12-18(13-11-16)27-15-14-23-22(26)21-19-8-5-9-20(19)25(24-21)17-6-3-2-4-7-17/h2-4,6-7,10-13H,5,8-9,14-15H2,1H3,(H,23,26). The molecule has 27 heavy (non-hydrogen) atoms. The molecule has 0 radical (unpaired) electrons. The molecule has 0 fully saturated rings. The van der Waals surface area contributed by atoms with Crippen LogP contribution in [0.3, 0.4) is 0 Å². The molecular formula is C22H23N3OS. The van der Waals surface area contributed by atoms with Crippen LogP contribution >= 0.6 is 11.8 Å². The Morgan fingerprint density at radius 1 is 1.11 bits per heavy atom. The normalized spacial score (nSPS) is 12.8. The first-order valence-corrected chi connectivity index (χ1v) is 10.3. The van der Waals surface area contributed by atoms with E-state index in [1.165, 1.54) is 16.2 Å². The highest BCUT2D eigenvalue weighted by molar-refractivity contribution is 7.99. The third kappa shape index (κ3) is 3.93. The number of carbonyl (C=O) groups excluding carboxylic acids is 1. The Bertz CT molecular complexity index is 932. The number of thioether (sulfide) groups is 1. The summed E-state index contributed by atoms with van der Waals surface area (Å²) in [7, 11) is 0. The first-order valence-electron chi connectivity index (χ1n) is 9.36. The zero-order valence-electron chi connectivity index (χ0n) is 15.4. The summed E-state index contributed by atoms with van der Waals surface area (Å²) in [6.45, 7) is 2.71. The van der Waals surface area contributed by atoms with Crippen LogP contribution in [0.5, 0.6) is 0 Å². The molecule has 1 N–H and O–H groups in total. The summed E-state index contributed by atoms with van der Waals surface area (Å²) in [6.07, 6.45) is 3.00. The molecule has 0 spiro atoms. The van der Waals surface area contributed by atoms with Crippen LogP contribution in [0.15, 0.2) is 59.5 Å². The lowest BCUT2D eigenvalue weighted by molar-refractivity contribution is 0.0950. The Morgan fingerprint density at radius 3 is 2.67 bits per heavy atom. The lowest BCUT2D eigenvalue weighted by Crippen LogP contribution is -2.27. The van der Waals surface area contributed by atoms with E-state index in [-0.39, 0.29) is 5.91 Å². The Kier molecular flexibility index (Phi) is 5.30. The van der Waals surface area contributed by atoms with E-state index in [1.807, 2.05) is 35.0 Å². The van der Waals surface area contributed by atoms with Crippen molar-refractivity contribution in [3.05, 3.63) is 77.1 Å². The first-order chi connectivity index (χ1) is 13.2. The molecule has 1 aromatic heterocycles. The second-order valence-corrected chi connectivity index (χ2v) is 7.96. The minimum Gasteiger partial charge on any atom is -0.350 e. The zero-order chi connectivity index (χ0) is 18.6. The monoisotopic (exact) mass is 377 g/mol. The molecule has 0 unspecified atom stereocenters. The first kappa shape index (κ1) is 17.9. The number of aryl methyl sites for hydroxylation is 1. The van der Waals surface area contributed by atoms with Crippen molar-refractivity contribution in [1.82, 2.24) is 15.1 Å². The number of para-hydroxylation sites is 1.